The van der Waals surface area contributed by atoms with Crippen LogP contribution in [0.1, 0.15) is 44.9 Å². The quantitative estimate of drug-likeness (QED) is 0.580. The second kappa shape index (κ2) is 5.34. The summed E-state index contributed by atoms with van der Waals surface area (Å²) in [5.41, 5.74) is 0. The van der Waals surface area contributed by atoms with Gasteiger partial charge in [0, 0.05) is 6.04 Å². The van der Waals surface area contributed by atoms with E-state index in [2.05, 4.69) is 5.32 Å². The van der Waals surface area contributed by atoms with Crippen molar-refractivity contribution >= 4 is 10.1 Å². The molecule has 2 N–H and O–H groups in total. The van der Waals surface area contributed by atoms with Gasteiger partial charge in [-0.2, -0.15) is 8.42 Å². The molecule has 0 aromatic heterocycles. The zero-order valence-corrected chi connectivity index (χ0v) is 12.2. The molecule has 0 saturated heterocycles. The van der Waals surface area contributed by atoms with Crippen molar-refractivity contribution in [2.45, 2.75) is 51.0 Å². The lowest BCUT2D eigenvalue weighted by molar-refractivity contribution is -0.0135. The Labute approximate surface area is 116 Å². The molecule has 4 nitrogen and oxygen atoms in total. The van der Waals surface area contributed by atoms with E-state index in [1.54, 1.807) is 0 Å². The van der Waals surface area contributed by atoms with Crippen molar-refractivity contribution in [3.05, 3.63) is 0 Å². The van der Waals surface area contributed by atoms with Gasteiger partial charge in [0.25, 0.3) is 10.1 Å². The number of unbranched alkanes of at least 4 members (excludes halogenated alkanes) is 1. The van der Waals surface area contributed by atoms with Crippen molar-refractivity contribution in [3.63, 3.8) is 0 Å². The molecule has 0 spiro atoms. The number of nitrogens with one attached hydrogen (secondary N) is 1. The summed E-state index contributed by atoms with van der Waals surface area (Å²) in [5.74, 6) is 3.65. The standard InChI is InChI=1S/C14H25NO3S/c16-19(17,18)4-2-1-3-15-14-12-6-10-5-11(8-12)9-13(14)7-10/h10-15H,1-9H2,(H,16,17,18)/t10-,11-,12-,13-,14?. The lowest BCUT2D eigenvalue weighted by atomic mass is 9.54. The predicted molar refractivity (Wildman–Crippen MR) is 74.5 cm³/mol. The van der Waals surface area contributed by atoms with Crippen molar-refractivity contribution in [1.82, 2.24) is 5.32 Å². The van der Waals surface area contributed by atoms with Gasteiger partial charge < -0.3 is 5.32 Å². The second-order valence-corrected chi connectivity index (χ2v) is 8.48. The monoisotopic (exact) mass is 287 g/mol. The summed E-state index contributed by atoms with van der Waals surface area (Å²) in [6.45, 7) is 0.891. The van der Waals surface area contributed by atoms with E-state index < -0.39 is 10.1 Å². The first-order chi connectivity index (χ1) is 9.01. The van der Waals surface area contributed by atoms with Gasteiger partial charge in [-0.25, -0.2) is 0 Å². The summed E-state index contributed by atoms with van der Waals surface area (Å²) < 4.78 is 29.9. The molecular weight excluding hydrogens is 262 g/mol. The number of hydrogen-bond acceptors (Lipinski definition) is 3. The van der Waals surface area contributed by atoms with Gasteiger partial charge in [0.2, 0.25) is 0 Å². The Bertz CT molecular complexity index is 392. The SMILES string of the molecule is O=S(=O)(O)CCCCNC1[C@H]2C[C@H]3C[C@H](C2)C[C@@H]1C3. The van der Waals surface area contributed by atoms with Gasteiger partial charge in [-0.3, -0.25) is 4.55 Å². The van der Waals surface area contributed by atoms with Gasteiger partial charge in [0.15, 0.2) is 0 Å². The summed E-state index contributed by atoms with van der Waals surface area (Å²) in [6.07, 6.45) is 8.52. The van der Waals surface area contributed by atoms with Gasteiger partial charge in [0.05, 0.1) is 5.75 Å². The molecule has 110 valence electrons. The van der Waals surface area contributed by atoms with E-state index in [9.17, 15) is 8.42 Å². The maximum absolute atomic E-state index is 10.6. The van der Waals surface area contributed by atoms with Crippen LogP contribution in [0.2, 0.25) is 0 Å². The van der Waals surface area contributed by atoms with Crippen molar-refractivity contribution in [3.8, 4) is 0 Å². The van der Waals surface area contributed by atoms with Gasteiger partial charge in [-0.05, 0) is 75.2 Å². The zero-order chi connectivity index (χ0) is 13.5. The Balaban J connectivity index is 1.41. The van der Waals surface area contributed by atoms with Crippen LogP contribution >= 0.6 is 0 Å². The first-order valence-electron chi connectivity index (χ1n) is 7.70. The second-order valence-electron chi connectivity index (χ2n) is 6.90. The van der Waals surface area contributed by atoms with Crippen molar-refractivity contribution < 1.29 is 13.0 Å². The van der Waals surface area contributed by atoms with E-state index in [4.69, 9.17) is 4.55 Å². The van der Waals surface area contributed by atoms with Crippen molar-refractivity contribution in [1.29, 1.82) is 0 Å². The highest BCUT2D eigenvalue weighted by atomic mass is 32.2. The lowest BCUT2D eigenvalue weighted by Gasteiger charge is -2.54. The third kappa shape index (κ3) is 3.31. The van der Waals surface area contributed by atoms with Crippen LogP contribution in [0.4, 0.5) is 0 Å². The van der Waals surface area contributed by atoms with Crippen LogP contribution in [0.3, 0.4) is 0 Å². The Kier molecular flexibility index (Phi) is 3.89. The third-order valence-electron chi connectivity index (χ3n) is 5.44. The molecule has 0 heterocycles. The van der Waals surface area contributed by atoms with Crippen LogP contribution in [0.15, 0.2) is 0 Å². The molecule has 0 amide bonds. The van der Waals surface area contributed by atoms with Crippen LogP contribution < -0.4 is 5.32 Å². The summed E-state index contributed by atoms with van der Waals surface area (Å²) in [7, 11) is -3.77. The van der Waals surface area contributed by atoms with Gasteiger partial charge in [0.1, 0.15) is 0 Å². The maximum atomic E-state index is 10.6. The lowest BCUT2D eigenvalue weighted by Crippen LogP contribution is -2.54. The fourth-order valence-corrected chi connectivity index (χ4v) is 5.51. The van der Waals surface area contributed by atoms with Crippen LogP contribution in [0, 0.1) is 23.7 Å². The Morgan fingerprint density at radius 1 is 0.947 bits per heavy atom. The first-order valence-corrected chi connectivity index (χ1v) is 9.31. The molecule has 4 saturated carbocycles. The molecule has 0 aromatic carbocycles. The van der Waals surface area contributed by atoms with Crippen LogP contribution in [0.25, 0.3) is 0 Å². The Morgan fingerprint density at radius 3 is 2.05 bits per heavy atom. The summed E-state index contributed by atoms with van der Waals surface area (Å²) >= 11 is 0. The molecule has 4 aliphatic rings. The molecule has 4 bridgehead atoms. The summed E-state index contributed by atoms with van der Waals surface area (Å²) in [6, 6.07) is 0.679. The van der Waals surface area contributed by atoms with Crippen LogP contribution in [-0.4, -0.2) is 31.3 Å². The minimum atomic E-state index is -3.77. The Morgan fingerprint density at radius 2 is 1.53 bits per heavy atom. The van der Waals surface area contributed by atoms with Crippen molar-refractivity contribution in [2.75, 3.05) is 12.3 Å². The largest absolute Gasteiger partial charge is 0.313 e. The average Bonchev–Trinajstić information content (AvgIpc) is 2.29. The fourth-order valence-electron chi connectivity index (χ4n) is 4.94. The predicted octanol–water partition coefficient (Wildman–Crippen LogP) is 2.07. The molecule has 4 fully saturated rings. The molecule has 0 radical (unpaired) electrons. The van der Waals surface area contributed by atoms with E-state index >= 15 is 0 Å². The molecule has 4 aliphatic carbocycles. The highest BCUT2D eigenvalue weighted by molar-refractivity contribution is 7.85. The molecule has 0 atom stereocenters. The highest BCUT2D eigenvalue weighted by Crippen LogP contribution is 2.53. The molecule has 5 heteroatoms. The highest BCUT2D eigenvalue weighted by Gasteiger charge is 2.47. The molecule has 0 unspecified atom stereocenters. The number of hydrogen-bond donors (Lipinski definition) is 2. The minimum absolute atomic E-state index is 0.101. The van der Waals surface area contributed by atoms with E-state index in [-0.39, 0.29) is 5.75 Å². The summed E-state index contributed by atoms with van der Waals surface area (Å²) in [4.78, 5) is 0. The minimum Gasteiger partial charge on any atom is -0.313 e. The van der Waals surface area contributed by atoms with Gasteiger partial charge in [-0.15, -0.1) is 0 Å². The normalized spacial score (nSPS) is 40.8. The van der Waals surface area contributed by atoms with Crippen LogP contribution in [0.5, 0.6) is 0 Å². The molecule has 19 heavy (non-hydrogen) atoms. The van der Waals surface area contributed by atoms with E-state index in [0.29, 0.717) is 12.5 Å². The van der Waals surface area contributed by atoms with Crippen LogP contribution in [-0.2, 0) is 10.1 Å². The third-order valence-corrected chi connectivity index (χ3v) is 6.24. The Hall–Kier alpha value is -0.130. The van der Waals surface area contributed by atoms with E-state index in [1.807, 2.05) is 0 Å². The summed E-state index contributed by atoms with van der Waals surface area (Å²) in [5, 5.41) is 3.67. The topological polar surface area (TPSA) is 66.4 Å². The molecular formula is C14H25NO3S. The van der Waals surface area contributed by atoms with Crippen molar-refractivity contribution in [2.24, 2.45) is 23.7 Å². The molecule has 0 aliphatic heterocycles. The number of rotatable bonds is 6. The van der Waals surface area contributed by atoms with Gasteiger partial charge in [-0.1, -0.05) is 0 Å². The maximum Gasteiger partial charge on any atom is 0.264 e. The average molecular weight is 287 g/mol. The van der Waals surface area contributed by atoms with Gasteiger partial charge >= 0.3 is 0 Å². The smallest absolute Gasteiger partial charge is 0.264 e. The molecule has 4 rings (SSSR count). The first kappa shape index (κ1) is 13.8. The van der Waals surface area contributed by atoms with E-state index in [1.165, 1.54) is 32.1 Å². The fraction of sp³-hybridized carbons (Fsp3) is 1.00. The zero-order valence-electron chi connectivity index (χ0n) is 11.4. The van der Waals surface area contributed by atoms with E-state index in [0.717, 1.165) is 36.6 Å². The molecule has 0 aromatic rings.